The van der Waals surface area contributed by atoms with Gasteiger partial charge in [-0.25, -0.2) is 8.78 Å². The topological polar surface area (TPSA) is 59.8 Å². The summed E-state index contributed by atoms with van der Waals surface area (Å²) in [5.41, 5.74) is 1.48. The summed E-state index contributed by atoms with van der Waals surface area (Å²) in [4.78, 5) is 12.5. The maximum absolute atomic E-state index is 14.1. The second kappa shape index (κ2) is 10.5. The number of amides is 1. The highest BCUT2D eigenvalue weighted by atomic mass is 79.9. The average Bonchev–Trinajstić information content (AvgIpc) is 3.20. The van der Waals surface area contributed by atoms with Gasteiger partial charge in [0.05, 0.1) is 17.1 Å². The lowest BCUT2D eigenvalue weighted by atomic mass is 10.2. The zero-order valence-corrected chi connectivity index (χ0v) is 20.1. The number of rotatable bonds is 7. The van der Waals surface area contributed by atoms with Crippen LogP contribution in [-0.4, -0.2) is 20.7 Å². The quantitative estimate of drug-likeness (QED) is 0.280. The van der Waals surface area contributed by atoms with Crippen molar-refractivity contribution in [2.75, 3.05) is 0 Å². The lowest BCUT2D eigenvalue weighted by molar-refractivity contribution is 0.0945. The first kappa shape index (κ1) is 23.4. The molecule has 0 saturated heterocycles. The van der Waals surface area contributed by atoms with Crippen LogP contribution in [0, 0.1) is 11.6 Å². The Hall–Kier alpha value is -2.75. The van der Waals surface area contributed by atoms with Crippen molar-refractivity contribution in [2.45, 2.75) is 17.5 Å². The fourth-order valence-corrected chi connectivity index (χ4v) is 4.49. The molecule has 0 unspecified atom stereocenters. The summed E-state index contributed by atoms with van der Waals surface area (Å²) in [5.74, 6) is -0.730. The SMILES string of the molecule is O=C(NCc1nnc(SCc2ccc(Br)cc2)n1-c1ccc(F)cc1)c1c(F)cccc1Cl. The van der Waals surface area contributed by atoms with E-state index in [1.807, 2.05) is 24.3 Å². The first-order chi connectivity index (χ1) is 15.9. The molecule has 0 aliphatic rings. The number of halogens is 4. The standard InChI is InChI=1S/C23H16BrClF2N4OS/c24-15-6-4-14(5-7-15)13-33-23-30-29-20(31(23)17-10-8-16(26)9-11-17)12-28-22(32)21-18(25)2-1-3-19(21)27/h1-11H,12-13H2,(H,28,32). The highest BCUT2D eigenvalue weighted by Crippen LogP contribution is 2.26. The zero-order chi connectivity index (χ0) is 23.4. The smallest absolute Gasteiger partial charge is 0.256 e. The summed E-state index contributed by atoms with van der Waals surface area (Å²) in [5, 5.41) is 11.7. The summed E-state index contributed by atoms with van der Waals surface area (Å²) < 4.78 is 30.3. The molecule has 1 heterocycles. The van der Waals surface area contributed by atoms with Gasteiger partial charge in [-0.3, -0.25) is 9.36 Å². The lowest BCUT2D eigenvalue weighted by Gasteiger charge is -2.12. The van der Waals surface area contributed by atoms with Crippen molar-refractivity contribution in [3.8, 4) is 5.69 Å². The molecule has 0 saturated carbocycles. The van der Waals surface area contributed by atoms with E-state index in [9.17, 15) is 13.6 Å². The van der Waals surface area contributed by atoms with Crippen LogP contribution in [-0.2, 0) is 12.3 Å². The molecule has 0 aliphatic carbocycles. The van der Waals surface area contributed by atoms with E-state index in [1.165, 1.54) is 42.1 Å². The monoisotopic (exact) mass is 548 g/mol. The molecule has 1 N–H and O–H groups in total. The zero-order valence-electron chi connectivity index (χ0n) is 16.9. The molecule has 0 atom stereocenters. The molecule has 10 heteroatoms. The summed E-state index contributed by atoms with van der Waals surface area (Å²) in [6.07, 6.45) is 0. The van der Waals surface area contributed by atoms with Crippen LogP contribution in [0.25, 0.3) is 5.69 Å². The number of benzene rings is 3. The maximum atomic E-state index is 14.1. The van der Waals surface area contributed by atoms with Gasteiger partial charge in [0.15, 0.2) is 11.0 Å². The molecule has 5 nitrogen and oxygen atoms in total. The predicted molar refractivity (Wildman–Crippen MR) is 128 cm³/mol. The van der Waals surface area contributed by atoms with Crippen LogP contribution in [0.1, 0.15) is 21.7 Å². The molecule has 1 amide bonds. The van der Waals surface area contributed by atoms with Crippen LogP contribution >= 0.6 is 39.3 Å². The van der Waals surface area contributed by atoms with Crippen molar-refractivity contribution in [1.82, 2.24) is 20.1 Å². The molecule has 0 spiro atoms. The molecule has 33 heavy (non-hydrogen) atoms. The fourth-order valence-electron chi connectivity index (χ4n) is 3.05. The molecular formula is C23H16BrClF2N4OS. The van der Waals surface area contributed by atoms with E-state index in [0.29, 0.717) is 22.4 Å². The third-order valence-electron chi connectivity index (χ3n) is 4.66. The predicted octanol–water partition coefficient (Wildman–Crippen LogP) is 6.18. The van der Waals surface area contributed by atoms with E-state index in [-0.39, 0.29) is 22.9 Å². The van der Waals surface area contributed by atoms with Gasteiger partial charge in [-0.15, -0.1) is 10.2 Å². The van der Waals surface area contributed by atoms with Gasteiger partial charge in [-0.05, 0) is 54.1 Å². The van der Waals surface area contributed by atoms with Crippen molar-refractivity contribution in [1.29, 1.82) is 0 Å². The second-order valence-electron chi connectivity index (χ2n) is 6.91. The van der Waals surface area contributed by atoms with Crippen LogP contribution in [0.2, 0.25) is 5.02 Å². The van der Waals surface area contributed by atoms with Crippen molar-refractivity contribution in [2.24, 2.45) is 0 Å². The number of nitrogens with one attached hydrogen (secondary N) is 1. The maximum Gasteiger partial charge on any atom is 0.256 e. The van der Waals surface area contributed by atoms with Gasteiger partial charge >= 0.3 is 0 Å². The van der Waals surface area contributed by atoms with E-state index in [2.05, 4.69) is 31.4 Å². The molecule has 4 aromatic rings. The Morgan fingerprint density at radius 1 is 1.03 bits per heavy atom. The first-order valence-corrected chi connectivity index (χ1v) is 11.9. The van der Waals surface area contributed by atoms with Gasteiger partial charge in [-0.1, -0.05) is 57.5 Å². The third-order valence-corrected chi connectivity index (χ3v) is 6.51. The Bertz CT molecular complexity index is 1260. The first-order valence-electron chi connectivity index (χ1n) is 9.72. The van der Waals surface area contributed by atoms with E-state index in [0.717, 1.165) is 10.0 Å². The number of thioether (sulfide) groups is 1. The van der Waals surface area contributed by atoms with E-state index < -0.39 is 11.7 Å². The van der Waals surface area contributed by atoms with Crippen LogP contribution < -0.4 is 5.32 Å². The number of hydrogen-bond acceptors (Lipinski definition) is 4. The van der Waals surface area contributed by atoms with Crippen molar-refractivity contribution in [3.05, 3.63) is 105 Å². The summed E-state index contributed by atoms with van der Waals surface area (Å²) in [7, 11) is 0. The number of nitrogens with zero attached hydrogens (tertiary/aromatic N) is 3. The normalized spacial score (nSPS) is 10.9. The van der Waals surface area contributed by atoms with Crippen molar-refractivity contribution >= 4 is 45.2 Å². The lowest BCUT2D eigenvalue weighted by Crippen LogP contribution is -2.26. The summed E-state index contributed by atoms with van der Waals surface area (Å²) >= 11 is 10.9. The summed E-state index contributed by atoms with van der Waals surface area (Å²) in [6, 6.07) is 17.8. The number of carbonyl (C=O) groups is 1. The van der Waals surface area contributed by atoms with Gasteiger partial charge in [0.25, 0.3) is 5.91 Å². The van der Waals surface area contributed by atoms with Gasteiger partial charge in [0.2, 0.25) is 0 Å². The Labute approximate surface area is 206 Å². The molecular weight excluding hydrogens is 534 g/mol. The molecule has 0 fully saturated rings. The molecule has 0 aliphatic heterocycles. The minimum Gasteiger partial charge on any atom is -0.345 e. The molecule has 0 radical (unpaired) electrons. The van der Waals surface area contributed by atoms with Gasteiger partial charge in [0.1, 0.15) is 11.6 Å². The molecule has 4 rings (SSSR count). The Kier molecular flexibility index (Phi) is 7.42. The Morgan fingerprint density at radius 3 is 2.45 bits per heavy atom. The van der Waals surface area contributed by atoms with E-state index >= 15 is 0 Å². The Balaban J connectivity index is 1.58. The van der Waals surface area contributed by atoms with Crippen molar-refractivity contribution < 1.29 is 13.6 Å². The van der Waals surface area contributed by atoms with Crippen LogP contribution in [0.4, 0.5) is 8.78 Å². The van der Waals surface area contributed by atoms with Crippen LogP contribution in [0.3, 0.4) is 0 Å². The second-order valence-corrected chi connectivity index (χ2v) is 9.17. The Morgan fingerprint density at radius 2 is 1.76 bits per heavy atom. The number of hydrogen-bond donors (Lipinski definition) is 1. The average molecular weight is 550 g/mol. The van der Waals surface area contributed by atoms with Gasteiger partial charge in [0, 0.05) is 15.9 Å². The largest absolute Gasteiger partial charge is 0.345 e. The van der Waals surface area contributed by atoms with Crippen molar-refractivity contribution in [3.63, 3.8) is 0 Å². The minimum absolute atomic E-state index is 0.0123. The molecule has 0 bridgehead atoms. The van der Waals surface area contributed by atoms with Crippen LogP contribution in [0.15, 0.2) is 76.4 Å². The number of aromatic nitrogens is 3. The number of carbonyl (C=O) groups excluding carboxylic acids is 1. The van der Waals surface area contributed by atoms with Crippen LogP contribution in [0.5, 0.6) is 0 Å². The molecule has 3 aromatic carbocycles. The van der Waals surface area contributed by atoms with E-state index in [4.69, 9.17) is 11.6 Å². The van der Waals surface area contributed by atoms with Gasteiger partial charge < -0.3 is 5.32 Å². The molecule has 168 valence electrons. The third kappa shape index (κ3) is 5.61. The van der Waals surface area contributed by atoms with Gasteiger partial charge in [-0.2, -0.15) is 0 Å². The highest BCUT2D eigenvalue weighted by molar-refractivity contribution is 9.10. The summed E-state index contributed by atoms with van der Waals surface area (Å²) in [6.45, 7) is -0.0350. The fraction of sp³-hybridized carbons (Fsp3) is 0.0870. The minimum atomic E-state index is -0.717. The van der Waals surface area contributed by atoms with E-state index in [1.54, 1.807) is 16.7 Å². The molecule has 1 aromatic heterocycles. The highest BCUT2D eigenvalue weighted by Gasteiger charge is 2.19.